The fourth-order valence-electron chi connectivity index (χ4n) is 2.19. The molecule has 1 aromatic heterocycles. The Morgan fingerprint density at radius 3 is 2.39 bits per heavy atom. The van der Waals surface area contributed by atoms with E-state index in [-0.39, 0.29) is 0 Å². The van der Waals surface area contributed by atoms with Gasteiger partial charge in [0.05, 0.1) is 0 Å². The van der Waals surface area contributed by atoms with E-state index in [1.54, 1.807) is 6.20 Å². The number of nitrogens with zero attached hydrogens (tertiary/aromatic N) is 4. The summed E-state index contributed by atoms with van der Waals surface area (Å²) in [5.74, 6) is 1.55. The zero-order chi connectivity index (χ0) is 16.8. The first kappa shape index (κ1) is 17.2. The first-order chi connectivity index (χ1) is 11.0. The van der Waals surface area contributed by atoms with Crippen LogP contribution >= 0.6 is 0 Å². The summed E-state index contributed by atoms with van der Waals surface area (Å²) in [6.07, 6.45) is 1.78. The predicted octanol–water partition coefficient (Wildman–Crippen LogP) is 2.99. The molecule has 0 aliphatic carbocycles. The Morgan fingerprint density at radius 2 is 1.74 bits per heavy atom. The van der Waals surface area contributed by atoms with E-state index in [2.05, 4.69) is 65.3 Å². The summed E-state index contributed by atoms with van der Waals surface area (Å²) in [6, 6.07) is 10.9. The molecule has 5 heteroatoms. The minimum atomic E-state index is 0.524. The third-order valence-electron chi connectivity index (χ3n) is 3.96. The van der Waals surface area contributed by atoms with Crippen molar-refractivity contribution in [3.8, 4) is 0 Å². The van der Waals surface area contributed by atoms with Crippen molar-refractivity contribution in [3.05, 3.63) is 47.7 Å². The molecule has 1 heterocycles. The molecule has 23 heavy (non-hydrogen) atoms. The highest BCUT2D eigenvalue weighted by Crippen LogP contribution is 2.15. The van der Waals surface area contributed by atoms with Gasteiger partial charge in [0.2, 0.25) is 5.95 Å². The van der Waals surface area contributed by atoms with Gasteiger partial charge in [-0.25, -0.2) is 4.98 Å². The van der Waals surface area contributed by atoms with E-state index in [0.29, 0.717) is 12.0 Å². The summed E-state index contributed by atoms with van der Waals surface area (Å²) in [6.45, 7) is 6.08. The van der Waals surface area contributed by atoms with Crippen LogP contribution in [0.15, 0.2) is 36.5 Å². The lowest BCUT2D eigenvalue weighted by Gasteiger charge is -2.22. The lowest BCUT2D eigenvalue weighted by molar-refractivity contribution is 0.265. The van der Waals surface area contributed by atoms with Crippen LogP contribution in [0.3, 0.4) is 0 Å². The standard InChI is InChI=1S/C18H27N5/c1-14(2)23(5)13-16-9-7-6-8-15(16)12-20-18-19-11-10-17(21-18)22(3)4/h6-11,14H,12-13H2,1-5H3,(H,19,20,21). The number of hydrogen-bond donors (Lipinski definition) is 1. The van der Waals surface area contributed by atoms with Crippen molar-refractivity contribution < 1.29 is 0 Å². The molecule has 124 valence electrons. The SMILES string of the molecule is CC(C)N(C)Cc1ccccc1CNc1nccc(N(C)C)n1. The van der Waals surface area contributed by atoms with Crippen LogP contribution < -0.4 is 10.2 Å². The maximum Gasteiger partial charge on any atom is 0.224 e. The van der Waals surface area contributed by atoms with Crippen LogP contribution in [0.1, 0.15) is 25.0 Å². The van der Waals surface area contributed by atoms with E-state index in [0.717, 1.165) is 18.9 Å². The highest BCUT2D eigenvalue weighted by molar-refractivity contribution is 5.41. The van der Waals surface area contributed by atoms with Crippen LogP contribution in [0.25, 0.3) is 0 Å². The number of aromatic nitrogens is 2. The highest BCUT2D eigenvalue weighted by Gasteiger charge is 2.08. The Bertz CT molecular complexity index is 624. The van der Waals surface area contributed by atoms with Crippen molar-refractivity contribution in [2.45, 2.75) is 33.0 Å². The van der Waals surface area contributed by atoms with Crippen molar-refractivity contribution in [1.29, 1.82) is 0 Å². The van der Waals surface area contributed by atoms with Gasteiger partial charge in [-0.3, -0.25) is 4.90 Å². The van der Waals surface area contributed by atoms with Gasteiger partial charge in [0.15, 0.2) is 0 Å². The fraction of sp³-hybridized carbons (Fsp3) is 0.444. The highest BCUT2D eigenvalue weighted by atomic mass is 15.2. The number of rotatable bonds is 7. The van der Waals surface area contributed by atoms with Gasteiger partial charge in [-0.1, -0.05) is 24.3 Å². The number of anilines is 2. The van der Waals surface area contributed by atoms with Gasteiger partial charge in [0.25, 0.3) is 0 Å². The molecule has 0 bridgehead atoms. The molecule has 0 atom stereocenters. The summed E-state index contributed by atoms with van der Waals surface area (Å²) in [4.78, 5) is 13.1. The largest absolute Gasteiger partial charge is 0.363 e. The molecule has 0 saturated carbocycles. The Hall–Kier alpha value is -2.14. The molecule has 0 aliphatic heterocycles. The molecule has 2 aromatic rings. The molecule has 5 nitrogen and oxygen atoms in total. The molecule has 1 N–H and O–H groups in total. The second kappa shape index (κ2) is 7.92. The van der Waals surface area contributed by atoms with E-state index in [4.69, 9.17) is 0 Å². The predicted molar refractivity (Wildman–Crippen MR) is 96.7 cm³/mol. The van der Waals surface area contributed by atoms with Crippen LogP contribution in [0, 0.1) is 0 Å². The molecule has 0 spiro atoms. The molecule has 2 rings (SSSR count). The van der Waals surface area contributed by atoms with Gasteiger partial charge in [-0.15, -0.1) is 0 Å². The average Bonchev–Trinajstić information content (AvgIpc) is 2.54. The molecular formula is C18H27N5. The zero-order valence-corrected chi connectivity index (χ0v) is 14.7. The van der Waals surface area contributed by atoms with Gasteiger partial charge in [0, 0.05) is 39.4 Å². The van der Waals surface area contributed by atoms with Crippen LogP contribution in [-0.2, 0) is 13.1 Å². The van der Waals surface area contributed by atoms with Crippen molar-refractivity contribution in [1.82, 2.24) is 14.9 Å². The molecule has 0 fully saturated rings. The van der Waals surface area contributed by atoms with Gasteiger partial charge in [-0.2, -0.15) is 4.98 Å². The van der Waals surface area contributed by atoms with Gasteiger partial charge in [-0.05, 0) is 38.1 Å². The Morgan fingerprint density at radius 1 is 1.04 bits per heavy atom. The second-order valence-corrected chi connectivity index (χ2v) is 6.26. The Kier molecular flexibility index (Phi) is 5.93. The average molecular weight is 313 g/mol. The summed E-state index contributed by atoms with van der Waals surface area (Å²) < 4.78 is 0. The quantitative estimate of drug-likeness (QED) is 0.851. The Labute approximate surface area is 139 Å². The van der Waals surface area contributed by atoms with E-state index in [1.165, 1.54) is 11.1 Å². The van der Waals surface area contributed by atoms with Gasteiger partial charge >= 0.3 is 0 Å². The first-order valence-electron chi connectivity index (χ1n) is 7.98. The topological polar surface area (TPSA) is 44.3 Å². The summed E-state index contributed by atoms with van der Waals surface area (Å²) >= 11 is 0. The molecular weight excluding hydrogens is 286 g/mol. The van der Waals surface area contributed by atoms with E-state index < -0.39 is 0 Å². The van der Waals surface area contributed by atoms with Crippen LogP contribution in [0.4, 0.5) is 11.8 Å². The van der Waals surface area contributed by atoms with Crippen LogP contribution in [0.5, 0.6) is 0 Å². The molecule has 0 aliphatic rings. The first-order valence-corrected chi connectivity index (χ1v) is 7.98. The third-order valence-corrected chi connectivity index (χ3v) is 3.96. The molecule has 0 radical (unpaired) electrons. The molecule has 0 saturated heterocycles. The number of hydrogen-bond acceptors (Lipinski definition) is 5. The van der Waals surface area contributed by atoms with Crippen molar-refractivity contribution in [3.63, 3.8) is 0 Å². The normalized spacial score (nSPS) is 11.1. The lowest BCUT2D eigenvalue weighted by atomic mass is 10.1. The van der Waals surface area contributed by atoms with Gasteiger partial charge < -0.3 is 10.2 Å². The van der Waals surface area contributed by atoms with Crippen molar-refractivity contribution in [2.75, 3.05) is 31.4 Å². The molecule has 1 aromatic carbocycles. The maximum atomic E-state index is 4.50. The minimum Gasteiger partial charge on any atom is -0.363 e. The van der Waals surface area contributed by atoms with Crippen LogP contribution in [-0.4, -0.2) is 42.1 Å². The third kappa shape index (κ3) is 4.93. The second-order valence-electron chi connectivity index (χ2n) is 6.26. The summed E-state index contributed by atoms with van der Waals surface area (Å²) in [5, 5.41) is 3.33. The van der Waals surface area contributed by atoms with Crippen molar-refractivity contribution >= 4 is 11.8 Å². The van der Waals surface area contributed by atoms with E-state index in [9.17, 15) is 0 Å². The molecule has 0 amide bonds. The number of nitrogens with one attached hydrogen (secondary N) is 1. The van der Waals surface area contributed by atoms with E-state index >= 15 is 0 Å². The number of benzene rings is 1. The maximum absolute atomic E-state index is 4.50. The van der Waals surface area contributed by atoms with E-state index in [1.807, 2.05) is 25.1 Å². The minimum absolute atomic E-state index is 0.524. The monoisotopic (exact) mass is 313 g/mol. The lowest BCUT2D eigenvalue weighted by Crippen LogP contribution is -2.26. The Balaban J connectivity index is 2.07. The summed E-state index contributed by atoms with van der Waals surface area (Å²) in [7, 11) is 6.10. The van der Waals surface area contributed by atoms with Gasteiger partial charge in [0.1, 0.15) is 5.82 Å². The molecule has 0 unspecified atom stereocenters. The smallest absolute Gasteiger partial charge is 0.224 e. The zero-order valence-electron chi connectivity index (χ0n) is 14.7. The van der Waals surface area contributed by atoms with Crippen LogP contribution in [0.2, 0.25) is 0 Å². The fourth-order valence-corrected chi connectivity index (χ4v) is 2.19. The summed E-state index contributed by atoms with van der Waals surface area (Å²) in [5.41, 5.74) is 2.61. The van der Waals surface area contributed by atoms with Crippen molar-refractivity contribution in [2.24, 2.45) is 0 Å².